The number of imide groups is 1. The number of amides is 3. The Bertz CT molecular complexity index is 940. The van der Waals surface area contributed by atoms with Gasteiger partial charge in [-0.05, 0) is 23.6 Å². The molecule has 2 aromatic rings. The zero-order valence-electron chi connectivity index (χ0n) is 13.9. The number of rotatable bonds is 6. The number of hydrogen-bond donors (Lipinski definition) is 1. The van der Waals surface area contributed by atoms with Gasteiger partial charge in [0.15, 0.2) is 6.61 Å². The van der Waals surface area contributed by atoms with Gasteiger partial charge in [-0.15, -0.1) is 11.3 Å². The first-order valence-corrected chi connectivity index (χ1v) is 8.77. The molecule has 1 aliphatic heterocycles. The standard InChI is InChI=1S/C18H13N3O5S/c19-9-11-6-8-27-16(11)20-14(22)10-26-15(23)5-7-21-17(24)12-3-1-2-4-13(12)18(21)25/h1-4,6,8H,5,7,10H2,(H,20,22). The third kappa shape index (κ3) is 3.86. The SMILES string of the molecule is N#Cc1ccsc1NC(=O)COC(=O)CCN1C(=O)c2ccccc2C1=O. The molecule has 3 amide bonds. The lowest BCUT2D eigenvalue weighted by molar-refractivity contribution is -0.147. The zero-order valence-corrected chi connectivity index (χ0v) is 14.7. The van der Waals surface area contributed by atoms with Gasteiger partial charge in [-0.25, -0.2) is 0 Å². The number of anilines is 1. The topological polar surface area (TPSA) is 117 Å². The van der Waals surface area contributed by atoms with E-state index in [2.05, 4.69) is 5.32 Å². The summed E-state index contributed by atoms with van der Waals surface area (Å²) in [5.74, 6) is -2.21. The van der Waals surface area contributed by atoms with Gasteiger partial charge in [0.05, 0.1) is 23.1 Å². The van der Waals surface area contributed by atoms with Crippen molar-refractivity contribution in [3.63, 3.8) is 0 Å². The smallest absolute Gasteiger partial charge is 0.308 e. The van der Waals surface area contributed by atoms with Crippen molar-refractivity contribution in [2.24, 2.45) is 0 Å². The second kappa shape index (κ2) is 7.80. The van der Waals surface area contributed by atoms with Crippen LogP contribution in [0, 0.1) is 11.3 Å². The van der Waals surface area contributed by atoms with E-state index < -0.39 is 30.3 Å². The fourth-order valence-corrected chi connectivity index (χ4v) is 3.27. The molecule has 0 fully saturated rings. The van der Waals surface area contributed by atoms with Gasteiger partial charge in [-0.1, -0.05) is 12.1 Å². The molecule has 0 bridgehead atoms. The van der Waals surface area contributed by atoms with Crippen LogP contribution in [0.3, 0.4) is 0 Å². The lowest BCUT2D eigenvalue weighted by Crippen LogP contribution is -2.32. The quantitative estimate of drug-likeness (QED) is 0.600. The summed E-state index contributed by atoms with van der Waals surface area (Å²) in [4.78, 5) is 49.0. The molecule has 0 atom stereocenters. The summed E-state index contributed by atoms with van der Waals surface area (Å²) in [5.41, 5.74) is 0.935. The number of carbonyl (C=O) groups is 4. The number of fused-ring (bicyclic) bond motifs is 1. The predicted octanol–water partition coefficient (Wildman–Crippen LogP) is 1.79. The maximum absolute atomic E-state index is 12.2. The van der Waals surface area contributed by atoms with Crippen LogP contribution in [0.15, 0.2) is 35.7 Å². The van der Waals surface area contributed by atoms with Crippen LogP contribution >= 0.6 is 11.3 Å². The van der Waals surface area contributed by atoms with Crippen LogP contribution in [0.2, 0.25) is 0 Å². The maximum atomic E-state index is 12.2. The highest BCUT2D eigenvalue weighted by Crippen LogP contribution is 2.23. The van der Waals surface area contributed by atoms with Crippen molar-refractivity contribution >= 4 is 40.0 Å². The molecular formula is C18H13N3O5S. The van der Waals surface area contributed by atoms with Crippen LogP contribution in [0.25, 0.3) is 0 Å². The summed E-state index contributed by atoms with van der Waals surface area (Å²) in [6.07, 6.45) is -0.221. The fraction of sp³-hybridized carbons (Fsp3) is 0.167. The van der Waals surface area contributed by atoms with Gasteiger partial charge in [0.25, 0.3) is 17.7 Å². The first-order valence-electron chi connectivity index (χ1n) is 7.89. The van der Waals surface area contributed by atoms with Gasteiger partial charge in [-0.3, -0.25) is 24.1 Å². The van der Waals surface area contributed by atoms with Crippen molar-refractivity contribution in [2.45, 2.75) is 6.42 Å². The number of nitrogens with zero attached hydrogens (tertiary/aromatic N) is 2. The van der Waals surface area contributed by atoms with Gasteiger partial charge in [0.2, 0.25) is 0 Å². The van der Waals surface area contributed by atoms with Gasteiger partial charge >= 0.3 is 5.97 Å². The summed E-state index contributed by atoms with van der Waals surface area (Å²) in [5, 5.41) is 13.4. The highest BCUT2D eigenvalue weighted by molar-refractivity contribution is 7.14. The number of benzene rings is 1. The first kappa shape index (κ1) is 18.3. The second-order valence-electron chi connectivity index (χ2n) is 5.54. The molecule has 0 unspecified atom stereocenters. The van der Waals surface area contributed by atoms with Crippen molar-refractivity contribution in [3.8, 4) is 6.07 Å². The third-order valence-electron chi connectivity index (χ3n) is 3.82. The Balaban J connectivity index is 1.47. The van der Waals surface area contributed by atoms with Crippen molar-refractivity contribution in [1.82, 2.24) is 4.90 Å². The Morgan fingerprint density at radius 1 is 1.15 bits per heavy atom. The van der Waals surface area contributed by atoms with Crippen LogP contribution in [-0.4, -0.2) is 41.7 Å². The van der Waals surface area contributed by atoms with Crippen molar-refractivity contribution < 1.29 is 23.9 Å². The molecule has 136 valence electrons. The molecule has 0 saturated carbocycles. The summed E-state index contributed by atoms with van der Waals surface area (Å²) >= 11 is 1.18. The monoisotopic (exact) mass is 383 g/mol. The van der Waals surface area contributed by atoms with E-state index in [9.17, 15) is 19.2 Å². The Morgan fingerprint density at radius 3 is 2.44 bits per heavy atom. The Morgan fingerprint density at radius 2 is 1.81 bits per heavy atom. The van der Waals surface area contributed by atoms with Gasteiger partial charge in [-0.2, -0.15) is 5.26 Å². The highest BCUT2D eigenvalue weighted by atomic mass is 32.1. The van der Waals surface area contributed by atoms with E-state index in [1.807, 2.05) is 6.07 Å². The highest BCUT2D eigenvalue weighted by Gasteiger charge is 2.35. The molecule has 2 heterocycles. The predicted molar refractivity (Wildman–Crippen MR) is 95.0 cm³/mol. The van der Waals surface area contributed by atoms with Crippen LogP contribution in [0.1, 0.15) is 32.7 Å². The van der Waals surface area contributed by atoms with Crippen LogP contribution in [0.5, 0.6) is 0 Å². The molecule has 3 rings (SSSR count). The molecule has 0 radical (unpaired) electrons. The average molecular weight is 383 g/mol. The van der Waals surface area contributed by atoms with Gasteiger partial charge in [0, 0.05) is 6.54 Å². The molecule has 8 nitrogen and oxygen atoms in total. The van der Waals surface area contributed by atoms with E-state index >= 15 is 0 Å². The Hall–Kier alpha value is -3.51. The van der Waals surface area contributed by atoms with E-state index in [0.717, 1.165) is 4.90 Å². The lowest BCUT2D eigenvalue weighted by atomic mass is 10.1. The second-order valence-corrected chi connectivity index (χ2v) is 6.46. The Labute approximate surface area is 158 Å². The van der Waals surface area contributed by atoms with Crippen LogP contribution in [-0.2, 0) is 14.3 Å². The van der Waals surface area contributed by atoms with Crippen molar-refractivity contribution in [2.75, 3.05) is 18.5 Å². The summed E-state index contributed by atoms with van der Waals surface area (Å²) in [6, 6.07) is 9.92. The number of thiophene rings is 1. The third-order valence-corrected chi connectivity index (χ3v) is 4.65. The molecule has 1 aliphatic rings. The minimum atomic E-state index is -0.714. The minimum Gasteiger partial charge on any atom is -0.456 e. The largest absolute Gasteiger partial charge is 0.456 e. The number of esters is 1. The molecule has 0 aliphatic carbocycles. The van der Waals surface area contributed by atoms with Crippen molar-refractivity contribution in [3.05, 3.63) is 52.4 Å². The molecule has 9 heteroatoms. The van der Waals surface area contributed by atoms with Crippen LogP contribution in [0.4, 0.5) is 5.00 Å². The minimum absolute atomic E-state index is 0.129. The number of carbonyl (C=O) groups excluding carboxylic acids is 4. The number of nitriles is 1. The maximum Gasteiger partial charge on any atom is 0.308 e. The normalized spacial score (nSPS) is 12.5. The number of hydrogen-bond acceptors (Lipinski definition) is 7. The lowest BCUT2D eigenvalue weighted by Gasteiger charge is -2.13. The average Bonchev–Trinajstić information content (AvgIpc) is 3.21. The number of ether oxygens (including phenoxy) is 1. The van der Waals surface area contributed by atoms with E-state index in [4.69, 9.17) is 10.00 Å². The van der Waals surface area contributed by atoms with E-state index in [1.54, 1.807) is 35.7 Å². The molecule has 0 saturated heterocycles. The molecular weight excluding hydrogens is 370 g/mol. The van der Waals surface area contributed by atoms with Crippen LogP contribution < -0.4 is 5.32 Å². The van der Waals surface area contributed by atoms with Crippen molar-refractivity contribution in [1.29, 1.82) is 5.26 Å². The van der Waals surface area contributed by atoms with E-state index in [1.165, 1.54) is 11.3 Å². The summed E-state index contributed by atoms with van der Waals surface area (Å²) in [6.45, 7) is -0.653. The van der Waals surface area contributed by atoms with Gasteiger partial charge in [0.1, 0.15) is 11.1 Å². The molecule has 0 spiro atoms. The molecule has 1 N–H and O–H groups in total. The zero-order chi connectivity index (χ0) is 19.4. The van der Waals surface area contributed by atoms with E-state index in [-0.39, 0.29) is 13.0 Å². The molecule has 1 aromatic carbocycles. The fourth-order valence-electron chi connectivity index (χ4n) is 2.52. The number of nitrogens with one attached hydrogen (secondary N) is 1. The first-order chi connectivity index (χ1) is 13.0. The molecule has 27 heavy (non-hydrogen) atoms. The summed E-state index contributed by atoms with van der Waals surface area (Å²) in [7, 11) is 0. The Kier molecular flexibility index (Phi) is 5.28. The van der Waals surface area contributed by atoms with E-state index in [0.29, 0.717) is 21.7 Å². The summed E-state index contributed by atoms with van der Waals surface area (Å²) < 4.78 is 4.85. The van der Waals surface area contributed by atoms with Gasteiger partial charge < -0.3 is 10.1 Å². The molecule has 1 aromatic heterocycles.